The van der Waals surface area contributed by atoms with E-state index in [2.05, 4.69) is 21.2 Å². The highest BCUT2D eigenvalue weighted by Gasteiger charge is 2.21. The van der Waals surface area contributed by atoms with Crippen LogP contribution >= 0.6 is 15.9 Å². The maximum Gasteiger partial charge on any atom is 0.268 e. The molecule has 0 bridgehead atoms. The maximum atomic E-state index is 12.2. The van der Waals surface area contributed by atoms with Crippen LogP contribution < -0.4 is 11.1 Å². The number of amides is 1. The van der Waals surface area contributed by atoms with Gasteiger partial charge in [-0.15, -0.1) is 0 Å². The highest BCUT2D eigenvalue weighted by molar-refractivity contribution is 9.10. The Kier molecular flexibility index (Phi) is 4.45. The lowest BCUT2D eigenvalue weighted by atomic mass is 9.92. The fourth-order valence-corrected chi connectivity index (χ4v) is 2.91. The molecule has 0 saturated heterocycles. The summed E-state index contributed by atoms with van der Waals surface area (Å²) in [5, 5.41) is 3.11. The normalized spacial score (nSPS) is 23.9. The van der Waals surface area contributed by atoms with Gasteiger partial charge in [-0.2, -0.15) is 0 Å². The van der Waals surface area contributed by atoms with Crippen LogP contribution in [0.3, 0.4) is 0 Å². The van der Waals surface area contributed by atoms with Crippen LogP contribution in [0.25, 0.3) is 0 Å². The minimum Gasteiger partial charge on any atom is -0.348 e. The van der Waals surface area contributed by atoms with Crippen molar-refractivity contribution in [2.75, 3.05) is 0 Å². The summed E-state index contributed by atoms with van der Waals surface area (Å²) in [7, 11) is 0. The molecule has 5 heteroatoms. The minimum atomic E-state index is 0.0167. The van der Waals surface area contributed by atoms with Gasteiger partial charge in [0.15, 0.2) is 0 Å². The summed E-state index contributed by atoms with van der Waals surface area (Å²) in [4.78, 5) is 12.2. The number of nitrogens with one attached hydrogen (secondary N) is 1. The summed E-state index contributed by atoms with van der Waals surface area (Å²) in [6, 6.07) is 2.45. The van der Waals surface area contributed by atoms with Gasteiger partial charge in [-0.05, 0) is 54.6 Å². The molecule has 100 valence electrons. The lowest BCUT2D eigenvalue weighted by Crippen LogP contribution is -2.41. The van der Waals surface area contributed by atoms with E-state index in [4.69, 9.17) is 5.73 Å². The van der Waals surface area contributed by atoms with E-state index in [0.717, 1.165) is 42.4 Å². The molecular formula is C13H20BrN3O. The number of aryl methyl sites for hydroxylation is 1. The SMILES string of the molecule is CCn1cc(Br)cc1C(=O)NC1CCC(N)CC1. The Morgan fingerprint density at radius 3 is 2.78 bits per heavy atom. The fraction of sp³-hybridized carbons (Fsp3) is 0.615. The number of hydrogen-bond acceptors (Lipinski definition) is 2. The molecule has 2 rings (SSSR count). The van der Waals surface area contributed by atoms with E-state index in [1.54, 1.807) is 0 Å². The lowest BCUT2D eigenvalue weighted by Gasteiger charge is -2.26. The average Bonchev–Trinajstić information content (AvgIpc) is 2.73. The lowest BCUT2D eigenvalue weighted by molar-refractivity contribution is 0.0916. The third-order valence-corrected chi connectivity index (χ3v) is 3.98. The van der Waals surface area contributed by atoms with Crippen molar-refractivity contribution in [2.45, 2.75) is 51.2 Å². The summed E-state index contributed by atoms with van der Waals surface area (Å²) < 4.78 is 2.90. The smallest absolute Gasteiger partial charge is 0.268 e. The topological polar surface area (TPSA) is 60.0 Å². The van der Waals surface area contributed by atoms with Crippen molar-refractivity contribution in [3.05, 3.63) is 22.4 Å². The van der Waals surface area contributed by atoms with E-state index in [9.17, 15) is 4.79 Å². The first-order chi connectivity index (χ1) is 8.60. The van der Waals surface area contributed by atoms with Crippen molar-refractivity contribution in [1.82, 2.24) is 9.88 Å². The average molecular weight is 314 g/mol. The summed E-state index contributed by atoms with van der Waals surface area (Å²) in [6.45, 7) is 2.83. The van der Waals surface area contributed by atoms with Gasteiger partial charge in [-0.1, -0.05) is 0 Å². The van der Waals surface area contributed by atoms with Gasteiger partial charge in [0.25, 0.3) is 5.91 Å². The standard InChI is InChI=1S/C13H20BrN3O/c1-2-17-8-9(14)7-12(17)13(18)16-11-5-3-10(15)4-6-11/h7-8,10-11H,2-6,15H2,1H3,(H,16,18). The van der Waals surface area contributed by atoms with Crippen LogP contribution in [0.2, 0.25) is 0 Å². The van der Waals surface area contributed by atoms with Gasteiger partial charge in [0.1, 0.15) is 5.69 Å². The largest absolute Gasteiger partial charge is 0.348 e. The van der Waals surface area contributed by atoms with Gasteiger partial charge in [0.05, 0.1) is 0 Å². The molecule has 1 heterocycles. The van der Waals surface area contributed by atoms with Gasteiger partial charge in [0.2, 0.25) is 0 Å². The third kappa shape index (κ3) is 3.14. The van der Waals surface area contributed by atoms with Crippen molar-refractivity contribution in [3.63, 3.8) is 0 Å². The number of carbonyl (C=O) groups is 1. The summed E-state index contributed by atoms with van der Waals surface area (Å²) in [6.07, 6.45) is 5.92. The van der Waals surface area contributed by atoms with Crippen LogP contribution in [0.5, 0.6) is 0 Å². The number of halogens is 1. The first-order valence-corrected chi connectivity index (χ1v) is 7.31. The molecule has 0 aliphatic heterocycles. The number of aromatic nitrogens is 1. The van der Waals surface area contributed by atoms with E-state index in [1.807, 2.05) is 23.8 Å². The predicted octanol–water partition coefficient (Wildman–Crippen LogP) is 2.27. The number of rotatable bonds is 3. The Hall–Kier alpha value is -0.810. The summed E-state index contributed by atoms with van der Waals surface area (Å²) in [5.41, 5.74) is 6.59. The Morgan fingerprint density at radius 2 is 2.17 bits per heavy atom. The van der Waals surface area contributed by atoms with Crippen molar-refractivity contribution < 1.29 is 4.79 Å². The number of carbonyl (C=O) groups excluding carboxylic acids is 1. The van der Waals surface area contributed by atoms with Gasteiger partial charge >= 0.3 is 0 Å². The third-order valence-electron chi connectivity index (χ3n) is 3.54. The molecule has 1 aromatic rings. The highest BCUT2D eigenvalue weighted by Crippen LogP contribution is 2.19. The van der Waals surface area contributed by atoms with Crippen molar-refractivity contribution >= 4 is 21.8 Å². The molecule has 1 aromatic heterocycles. The van der Waals surface area contributed by atoms with Crippen LogP contribution in [0.1, 0.15) is 43.1 Å². The quantitative estimate of drug-likeness (QED) is 0.899. The molecule has 1 fully saturated rings. The molecule has 1 aliphatic carbocycles. The van der Waals surface area contributed by atoms with Crippen molar-refractivity contribution in [3.8, 4) is 0 Å². The Balaban J connectivity index is 1.99. The molecule has 1 saturated carbocycles. The molecule has 4 nitrogen and oxygen atoms in total. The number of nitrogens with two attached hydrogens (primary N) is 1. The van der Waals surface area contributed by atoms with Crippen molar-refractivity contribution in [2.24, 2.45) is 5.73 Å². The molecule has 3 N–H and O–H groups in total. The molecule has 1 amide bonds. The molecule has 18 heavy (non-hydrogen) atoms. The maximum absolute atomic E-state index is 12.2. The Labute approximate surface area is 116 Å². The van der Waals surface area contributed by atoms with Crippen LogP contribution in [-0.2, 0) is 6.54 Å². The first-order valence-electron chi connectivity index (χ1n) is 6.52. The first kappa shape index (κ1) is 13.6. The van der Waals surface area contributed by atoms with Gasteiger partial charge in [-0.3, -0.25) is 4.79 Å². The monoisotopic (exact) mass is 313 g/mol. The van der Waals surface area contributed by atoms with Gasteiger partial charge in [-0.25, -0.2) is 0 Å². The molecule has 0 radical (unpaired) electrons. The van der Waals surface area contributed by atoms with Gasteiger partial charge < -0.3 is 15.6 Å². The number of nitrogens with zero attached hydrogens (tertiary/aromatic N) is 1. The van der Waals surface area contributed by atoms with E-state index in [-0.39, 0.29) is 11.9 Å². The van der Waals surface area contributed by atoms with Crippen LogP contribution in [-0.4, -0.2) is 22.6 Å². The van der Waals surface area contributed by atoms with Crippen LogP contribution in [0, 0.1) is 0 Å². The van der Waals surface area contributed by atoms with E-state index in [1.165, 1.54) is 0 Å². The molecule has 0 atom stereocenters. The zero-order valence-corrected chi connectivity index (χ0v) is 12.2. The summed E-state index contributed by atoms with van der Waals surface area (Å²) in [5.74, 6) is 0.0167. The fourth-order valence-electron chi connectivity index (χ4n) is 2.45. The molecule has 0 spiro atoms. The zero-order valence-electron chi connectivity index (χ0n) is 10.7. The minimum absolute atomic E-state index is 0.0167. The molecular weight excluding hydrogens is 294 g/mol. The molecule has 1 aliphatic rings. The summed E-state index contributed by atoms with van der Waals surface area (Å²) >= 11 is 3.41. The second-order valence-electron chi connectivity index (χ2n) is 4.91. The van der Waals surface area contributed by atoms with Crippen LogP contribution in [0.4, 0.5) is 0 Å². The van der Waals surface area contributed by atoms with Crippen molar-refractivity contribution in [1.29, 1.82) is 0 Å². The van der Waals surface area contributed by atoms with E-state index in [0.29, 0.717) is 6.04 Å². The van der Waals surface area contributed by atoms with E-state index >= 15 is 0 Å². The van der Waals surface area contributed by atoms with Gasteiger partial charge in [0, 0.05) is 29.3 Å². The Bertz CT molecular complexity index is 422. The van der Waals surface area contributed by atoms with E-state index < -0.39 is 0 Å². The zero-order chi connectivity index (χ0) is 13.1. The Morgan fingerprint density at radius 1 is 1.50 bits per heavy atom. The van der Waals surface area contributed by atoms with Crippen LogP contribution in [0.15, 0.2) is 16.7 Å². The predicted molar refractivity (Wildman–Crippen MR) is 75.5 cm³/mol. The number of hydrogen-bond donors (Lipinski definition) is 2. The second kappa shape index (κ2) is 5.89. The molecule has 0 aromatic carbocycles. The second-order valence-corrected chi connectivity index (χ2v) is 5.83. The molecule has 0 unspecified atom stereocenters. The highest BCUT2D eigenvalue weighted by atomic mass is 79.9.